The summed E-state index contributed by atoms with van der Waals surface area (Å²) < 4.78 is 0. The first-order valence-corrected chi connectivity index (χ1v) is 5.11. The van der Waals surface area contributed by atoms with Crippen molar-refractivity contribution in [3.8, 4) is 0 Å². The van der Waals surface area contributed by atoms with Crippen molar-refractivity contribution in [2.45, 2.75) is 44.9 Å². The van der Waals surface area contributed by atoms with Gasteiger partial charge >= 0.3 is 0 Å². The van der Waals surface area contributed by atoms with Gasteiger partial charge in [0.25, 0.3) is 0 Å². The normalized spacial score (nSPS) is 33.6. The summed E-state index contributed by atoms with van der Waals surface area (Å²) in [6.45, 7) is 0. The fraction of sp³-hybridized carbons (Fsp3) is 0.818. The Balaban J connectivity index is 1.85. The fourth-order valence-corrected chi connectivity index (χ4v) is 2.89. The third-order valence-electron chi connectivity index (χ3n) is 3.83. The molecule has 0 heterocycles. The van der Waals surface area contributed by atoms with Crippen LogP contribution in [-0.2, 0) is 0 Å². The van der Waals surface area contributed by atoms with Gasteiger partial charge in [0.15, 0.2) is 0 Å². The Bertz CT molecular complexity index is 204. The van der Waals surface area contributed by atoms with Gasteiger partial charge in [0.1, 0.15) is 0 Å². The Kier molecular flexibility index (Phi) is 1.09. The molecule has 3 aliphatic rings. The quantitative estimate of drug-likeness (QED) is 0.527. The van der Waals surface area contributed by atoms with E-state index in [0.29, 0.717) is 0 Å². The minimum atomic E-state index is 0.802. The maximum absolute atomic E-state index is 2.55. The van der Waals surface area contributed by atoms with Crippen molar-refractivity contribution in [3.63, 3.8) is 0 Å². The van der Waals surface area contributed by atoms with Crippen molar-refractivity contribution in [2.75, 3.05) is 0 Å². The van der Waals surface area contributed by atoms with E-state index < -0.39 is 0 Å². The highest BCUT2D eigenvalue weighted by atomic mass is 14.6. The third-order valence-corrected chi connectivity index (χ3v) is 3.83. The zero-order valence-corrected chi connectivity index (χ0v) is 7.10. The molecule has 0 aromatic rings. The molecule has 0 nitrogen and oxygen atoms in total. The topological polar surface area (TPSA) is 0 Å². The van der Waals surface area contributed by atoms with Crippen LogP contribution in [0.15, 0.2) is 11.6 Å². The van der Waals surface area contributed by atoms with Crippen LogP contribution in [0.4, 0.5) is 0 Å². The molecule has 0 unspecified atom stereocenters. The highest BCUT2D eigenvalue weighted by Gasteiger charge is 2.55. The van der Waals surface area contributed by atoms with Crippen molar-refractivity contribution >= 4 is 0 Å². The summed E-state index contributed by atoms with van der Waals surface area (Å²) in [4.78, 5) is 0. The smallest absolute Gasteiger partial charge is 0.00592 e. The molecule has 0 aromatic heterocycles. The number of hydrogen-bond donors (Lipinski definition) is 0. The number of allylic oxidation sites excluding steroid dienone is 2. The van der Waals surface area contributed by atoms with E-state index in [1.165, 1.54) is 44.9 Å². The lowest BCUT2D eigenvalue weighted by Crippen LogP contribution is -2.05. The van der Waals surface area contributed by atoms with E-state index in [1.54, 1.807) is 0 Å². The summed E-state index contributed by atoms with van der Waals surface area (Å²) in [5.74, 6) is 1.13. The maximum atomic E-state index is 2.55. The predicted octanol–water partition coefficient (Wildman–Crippen LogP) is 3.29. The van der Waals surface area contributed by atoms with Crippen LogP contribution in [0.3, 0.4) is 0 Å². The summed E-state index contributed by atoms with van der Waals surface area (Å²) in [5.41, 5.74) is 2.66. The molecule has 0 aliphatic heterocycles. The lowest BCUT2D eigenvalue weighted by molar-refractivity contribution is 0.508. The van der Waals surface area contributed by atoms with Gasteiger partial charge in [-0.1, -0.05) is 11.6 Å². The summed E-state index contributed by atoms with van der Waals surface area (Å²) in [5, 5.41) is 0. The molecule has 2 fully saturated rings. The van der Waals surface area contributed by atoms with E-state index in [9.17, 15) is 0 Å². The van der Waals surface area contributed by atoms with Gasteiger partial charge in [-0.05, 0) is 56.3 Å². The first kappa shape index (κ1) is 6.28. The molecule has 0 heteroatoms. The Morgan fingerprint density at radius 2 is 2.09 bits per heavy atom. The standard InChI is InChI=1S/C11H16/c1-2-4-9(3-1)11(7-8-11)10-5-6-10/h3,10H,1-2,4-8H2. The van der Waals surface area contributed by atoms with Crippen LogP contribution in [0.5, 0.6) is 0 Å². The van der Waals surface area contributed by atoms with Gasteiger partial charge in [0.2, 0.25) is 0 Å². The van der Waals surface area contributed by atoms with Crippen LogP contribution in [0, 0.1) is 11.3 Å². The average Bonchev–Trinajstić information content (AvgIpc) is 2.89. The van der Waals surface area contributed by atoms with Crippen LogP contribution in [0.2, 0.25) is 0 Å². The van der Waals surface area contributed by atoms with E-state index in [4.69, 9.17) is 0 Å². The highest BCUT2D eigenvalue weighted by molar-refractivity contribution is 5.28. The van der Waals surface area contributed by atoms with Crippen LogP contribution in [0.25, 0.3) is 0 Å². The zero-order chi connectivity index (χ0) is 7.31. The molecule has 0 atom stereocenters. The van der Waals surface area contributed by atoms with Crippen LogP contribution < -0.4 is 0 Å². The van der Waals surface area contributed by atoms with E-state index in [-0.39, 0.29) is 0 Å². The van der Waals surface area contributed by atoms with Crippen molar-refractivity contribution in [1.29, 1.82) is 0 Å². The lowest BCUT2D eigenvalue weighted by atomic mass is 9.90. The van der Waals surface area contributed by atoms with Crippen LogP contribution in [0.1, 0.15) is 44.9 Å². The summed E-state index contributed by atoms with van der Waals surface area (Å²) >= 11 is 0. The Hall–Kier alpha value is -0.260. The van der Waals surface area contributed by atoms with Gasteiger partial charge in [-0.3, -0.25) is 0 Å². The van der Waals surface area contributed by atoms with E-state index in [2.05, 4.69) is 6.08 Å². The molecule has 0 N–H and O–H groups in total. The van der Waals surface area contributed by atoms with Gasteiger partial charge in [0.05, 0.1) is 0 Å². The Labute approximate surface area is 68.7 Å². The molecule has 0 spiro atoms. The van der Waals surface area contributed by atoms with Gasteiger partial charge in [-0.2, -0.15) is 0 Å². The van der Waals surface area contributed by atoms with Gasteiger partial charge in [-0.15, -0.1) is 0 Å². The summed E-state index contributed by atoms with van der Waals surface area (Å²) in [6.07, 6.45) is 13.0. The summed E-state index contributed by atoms with van der Waals surface area (Å²) in [6, 6.07) is 0. The Morgan fingerprint density at radius 1 is 1.27 bits per heavy atom. The number of rotatable bonds is 2. The SMILES string of the molecule is C1=C(C2(C3CC3)CC2)CCC1. The Morgan fingerprint density at radius 3 is 2.55 bits per heavy atom. The van der Waals surface area contributed by atoms with E-state index >= 15 is 0 Å². The van der Waals surface area contributed by atoms with Gasteiger partial charge in [0, 0.05) is 0 Å². The monoisotopic (exact) mass is 148 g/mol. The van der Waals surface area contributed by atoms with E-state index in [1.807, 2.05) is 5.57 Å². The van der Waals surface area contributed by atoms with Crippen LogP contribution >= 0.6 is 0 Å². The number of hydrogen-bond acceptors (Lipinski definition) is 0. The zero-order valence-electron chi connectivity index (χ0n) is 7.10. The lowest BCUT2D eigenvalue weighted by Gasteiger charge is -2.15. The summed E-state index contributed by atoms with van der Waals surface area (Å²) in [7, 11) is 0. The minimum absolute atomic E-state index is 0.802. The van der Waals surface area contributed by atoms with Crippen molar-refractivity contribution in [1.82, 2.24) is 0 Å². The van der Waals surface area contributed by atoms with Crippen molar-refractivity contribution in [2.24, 2.45) is 11.3 Å². The van der Waals surface area contributed by atoms with Gasteiger partial charge < -0.3 is 0 Å². The molecule has 0 radical (unpaired) electrons. The molecule has 2 saturated carbocycles. The largest absolute Gasteiger partial charge is 0.0847 e. The first-order valence-electron chi connectivity index (χ1n) is 5.11. The fourth-order valence-electron chi connectivity index (χ4n) is 2.89. The second kappa shape index (κ2) is 1.91. The molecule has 3 rings (SSSR count). The molecular formula is C11H16. The van der Waals surface area contributed by atoms with Gasteiger partial charge in [-0.25, -0.2) is 0 Å². The third kappa shape index (κ3) is 0.816. The molecule has 3 aliphatic carbocycles. The second-order valence-corrected chi connectivity index (χ2v) is 4.55. The second-order valence-electron chi connectivity index (χ2n) is 4.55. The van der Waals surface area contributed by atoms with Crippen LogP contribution in [-0.4, -0.2) is 0 Å². The van der Waals surface area contributed by atoms with Crippen molar-refractivity contribution < 1.29 is 0 Å². The highest BCUT2D eigenvalue weighted by Crippen LogP contribution is 2.66. The minimum Gasteiger partial charge on any atom is -0.0847 e. The first-order chi connectivity index (χ1) is 5.42. The maximum Gasteiger partial charge on any atom is -0.00592 e. The average molecular weight is 148 g/mol. The predicted molar refractivity (Wildman–Crippen MR) is 46.3 cm³/mol. The van der Waals surface area contributed by atoms with E-state index in [0.717, 1.165) is 11.3 Å². The molecule has 60 valence electrons. The van der Waals surface area contributed by atoms with Crippen molar-refractivity contribution in [3.05, 3.63) is 11.6 Å². The molecule has 0 saturated heterocycles. The molecule has 11 heavy (non-hydrogen) atoms. The molecule has 0 bridgehead atoms. The molecule has 0 amide bonds. The molecular weight excluding hydrogens is 132 g/mol. The molecule has 0 aromatic carbocycles.